The molecular formula is C16H16FN3O3S. The fourth-order valence-electron chi connectivity index (χ4n) is 2.33. The number of nitrogens with zero attached hydrogens (tertiary/aromatic N) is 2. The number of halogens is 1. The molecule has 0 radical (unpaired) electrons. The molecule has 3 rings (SSSR count). The van der Waals surface area contributed by atoms with Gasteiger partial charge in [-0.05, 0) is 24.3 Å². The summed E-state index contributed by atoms with van der Waals surface area (Å²) in [6, 6.07) is 7.09. The van der Waals surface area contributed by atoms with Gasteiger partial charge in [0.25, 0.3) is 5.56 Å². The fraction of sp³-hybridized carbons (Fsp3) is 0.312. The predicted octanol–water partition coefficient (Wildman–Crippen LogP) is 1.30. The Hall–Kier alpha value is -2.35. The van der Waals surface area contributed by atoms with Crippen molar-refractivity contribution in [1.82, 2.24) is 14.9 Å². The second-order valence-corrected chi connectivity index (χ2v) is 6.26. The fourth-order valence-corrected chi connectivity index (χ4v) is 3.39. The molecule has 24 heavy (non-hydrogen) atoms. The van der Waals surface area contributed by atoms with Crippen molar-refractivity contribution in [3.8, 4) is 5.75 Å². The summed E-state index contributed by atoms with van der Waals surface area (Å²) in [5, 5.41) is 3.44. The summed E-state index contributed by atoms with van der Waals surface area (Å²) in [5.41, 5.74) is -0.148. The number of fused-ring (bicyclic) bond motifs is 1. The molecule has 0 saturated carbocycles. The lowest BCUT2D eigenvalue weighted by Crippen LogP contribution is -2.40. The van der Waals surface area contributed by atoms with Crippen molar-refractivity contribution in [2.24, 2.45) is 5.92 Å². The van der Waals surface area contributed by atoms with E-state index in [0.717, 1.165) is 0 Å². The third kappa shape index (κ3) is 3.94. The van der Waals surface area contributed by atoms with Crippen LogP contribution in [0.5, 0.6) is 5.75 Å². The van der Waals surface area contributed by atoms with Gasteiger partial charge in [0.2, 0.25) is 5.91 Å². The molecule has 2 aromatic rings. The molecule has 1 aliphatic heterocycles. The number of rotatable bonds is 5. The van der Waals surface area contributed by atoms with Crippen LogP contribution in [-0.4, -0.2) is 34.4 Å². The van der Waals surface area contributed by atoms with E-state index in [2.05, 4.69) is 10.3 Å². The highest BCUT2D eigenvalue weighted by atomic mass is 32.2. The number of hydrogen-bond acceptors (Lipinski definition) is 5. The second kappa shape index (κ2) is 7.48. The molecule has 0 fully saturated rings. The Kier molecular flexibility index (Phi) is 5.14. The van der Waals surface area contributed by atoms with Crippen LogP contribution in [-0.2, 0) is 11.3 Å². The lowest BCUT2D eigenvalue weighted by molar-refractivity contribution is -0.124. The number of carbonyl (C=O) groups is 1. The molecule has 1 aromatic heterocycles. The van der Waals surface area contributed by atoms with Crippen molar-refractivity contribution in [2.75, 3.05) is 18.9 Å². The standard InChI is InChI=1S/C16H16FN3O3S/c17-12-1-3-13(4-2-12)23-8-7-18-15(22)11-9-20-14(21)5-6-19-16(20)24-10-11/h1-6,11H,7-10H2,(H,18,22)/t11-/m1/s1. The molecule has 8 heteroatoms. The number of amides is 1. The van der Waals surface area contributed by atoms with Gasteiger partial charge in [-0.1, -0.05) is 11.8 Å². The van der Waals surface area contributed by atoms with Crippen LogP contribution in [0.25, 0.3) is 0 Å². The van der Waals surface area contributed by atoms with Gasteiger partial charge in [0.15, 0.2) is 5.16 Å². The largest absolute Gasteiger partial charge is 0.492 e. The van der Waals surface area contributed by atoms with E-state index in [-0.39, 0.29) is 29.8 Å². The molecule has 1 amide bonds. The van der Waals surface area contributed by atoms with Crippen LogP contribution < -0.4 is 15.6 Å². The lowest BCUT2D eigenvalue weighted by atomic mass is 10.1. The van der Waals surface area contributed by atoms with Crippen LogP contribution in [0, 0.1) is 11.7 Å². The van der Waals surface area contributed by atoms with Crippen LogP contribution >= 0.6 is 11.8 Å². The summed E-state index contributed by atoms with van der Waals surface area (Å²) in [6.07, 6.45) is 1.48. The lowest BCUT2D eigenvalue weighted by Gasteiger charge is -2.23. The predicted molar refractivity (Wildman–Crippen MR) is 87.6 cm³/mol. The molecule has 0 aliphatic carbocycles. The number of carbonyl (C=O) groups excluding carboxylic acids is 1. The van der Waals surface area contributed by atoms with Crippen molar-refractivity contribution < 1.29 is 13.9 Å². The van der Waals surface area contributed by atoms with Gasteiger partial charge in [0, 0.05) is 24.6 Å². The first kappa shape index (κ1) is 16.5. The Bertz CT molecular complexity index is 779. The summed E-state index contributed by atoms with van der Waals surface area (Å²) in [4.78, 5) is 28.2. The van der Waals surface area contributed by atoms with E-state index < -0.39 is 0 Å². The smallest absolute Gasteiger partial charge is 0.254 e. The minimum atomic E-state index is -0.324. The van der Waals surface area contributed by atoms with Crippen LogP contribution in [0.1, 0.15) is 0 Å². The number of thioether (sulfide) groups is 1. The SMILES string of the molecule is O=C(NCCOc1ccc(F)cc1)[C@H]1CSc2nccc(=O)n2C1. The highest BCUT2D eigenvalue weighted by Crippen LogP contribution is 2.24. The Labute approximate surface area is 142 Å². The summed E-state index contributed by atoms with van der Waals surface area (Å²) in [7, 11) is 0. The van der Waals surface area contributed by atoms with Gasteiger partial charge in [-0.25, -0.2) is 9.37 Å². The average molecular weight is 349 g/mol. The van der Waals surface area contributed by atoms with Gasteiger partial charge in [0.1, 0.15) is 18.2 Å². The quantitative estimate of drug-likeness (QED) is 0.651. The third-order valence-corrected chi connectivity index (χ3v) is 4.72. The van der Waals surface area contributed by atoms with Crippen molar-refractivity contribution in [1.29, 1.82) is 0 Å². The molecular weight excluding hydrogens is 333 g/mol. The Morgan fingerprint density at radius 2 is 2.17 bits per heavy atom. The van der Waals surface area contributed by atoms with Crippen molar-refractivity contribution in [2.45, 2.75) is 11.7 Å². The van der Waals surface area contributed by atoms with Crippen LogP contribution in [0.3, 0.4) is 0 Å². The van der Waals surface area contributed by atoms with Crippen molar-refractivity contribution >= 4 is 17.7 Å². The summed E-state index contributed by atoms with van der Waals surface area (Å²) in [5.74, 6) is 0.406. The summed E-state index contributed by atoms with van der Waals surface area (Å²) in [6.45, 7) is 0.959. The summed E-state index contributed by atoms with van der Waals surface area (Å²) >= 11 is 1.40. The first-order valence-electron chi connectivity index (χ1n) is 7.48. The number of ether oxygens (including phenoxy) is 1. The zero-order chi connectivity index (χ0) is 16.9. The van der Waals surface area contributed by atoms with Crippen LogP contribution in [0.4, 0.5) is 4.39 Å². The summed E-state index contributed by atoms with van der Waals surface area (Å²) < 4.78 is 19.7. The van der Waals surface area contributed by atoms with Gasteiger partial charge in [-0.15, -0.1) is 0 Å². The van der Waals surface area contributed by atoms with Crippen LogP contribution in [0.15, 0.2) is 46.5 Å². The van der Waals surface area contributed by atoms with Gasteiger partial charge in [-0.3, -0.25) is 14.2 Å². The van der Waals surface area contributed by atoms with Crippen molar-refractivity contribution in [3.63, 3.8) is 0 Å². The van der Waals surface area contributed by atoms with E-state index in [1.54, 1.807) is 0 Å². The minimum absolute atomic E-state index is 0.119. The zero-order valence-corrected chi connectivity index (χ0v) is 13.6. The van der Waals surface area contributed by atoms with E-state index in [9.17, 15) is 14.0 Å². The number of nitrogens with one attached hydrogen (secondary N) is 1. The highest BCUT2D eigenvalue weighted by Gasteiger charge is 2.26. The zero-order valence-electron chi connectivity index (χ0n) is 12.8. The van der Waals surface area contributed by atoms with Crippen LogP contribution in [0.2, 0.25) is 0 Å². The monoisotopic (exact) mass is 349 g/mol. The van der Waals surface area contributed by atoms with Gasteiger partial charge in [0.05, 0.1) is 12.5 Å². The molecule has 1 N–H and O–H groups in total. The number of hydrogen-bond donors (Lipinski definition) is 1. The maximum atomic E-state index is 12.8. The number of aromatic nitrogens is 2. The van der Waals surface area contributed by atoms with E-state index in [0.29, 0.717) is 29.7 Å². The maximum Gasteiger partial charge on any atom is 0.254 e. The van der Waals surface area contributed by atoms with Crippen molar-refractivity contribution in [3.05, 3.63) is 52.7 Å². The topological polar surface area (TPSA) is 73.2 Å². The molecule has 0 bridgehead atoms. The Balaban J connectivity index is 1.47. The van der Waals surface area contributed by atoms with Gasteiger partial charge < -0.3 is 10.1 Å². The molecule has 1 aliphatic rings. The first-order chi connectivity index (χ1) is 11.6. The highest BCUT2D eigenvalue weighted by molar-refractivity contribution is 7.99. The first-order valence-corrected chi connectivity index (χ1v) is 8.47. The molecule has 1 aromatic carbocycles. The normalized spacial score (nSPS) is 16.3. The molecule has 0 spiro atoms. The van der Waals surface area contributed by atoms with Gasteiger partial charge in [-0.2, -0.15) is 0 Å². The molecule has 126 valence electrons. The average Bonchev–Trinajstić information content (AvgIpc) is 2.60. The Morgan fingerprint density at radius 1 is 1.38 bits per heavy atom. The third-order valence-electron chi connectivity index (χ3n) is 3.57. The molecule has 1 atom stereocenters. The Morgan fingerprint density at radius 3 is 2.96 bits per heavy atom. The van der Waals surface area contributed by atoms with E-state index in [4.69, 9.17) is 4.74 Å². The van der Waals surface area contributed by atoms with E-state index in [1.165, 1.54) is 52.9 Å². The second-order valence-electron chi connectivity index (χ2n) is 5.28. The molecule has 0 unspecified atom stereocenters. The van der Waals surface area contributed by atoms with Gasteiger partial charge >= 0.3 is 0 Å². The maximum absolute atomic E-state index is 12.8. The number of benzene rings is 1. The molecule has 2 heterocycles. The molecule has 0 saturated heterocycles. The van der Waals surface area contributed by atoms with E-state index >= 15 is 0 Å². The minimum Gasteiger partial charge on any atom is -0.492 e. The molecule has 6 nitrogen and oxygen atoms in total. The van der Waals surface area contributed by atoms with E-state index in [1.807, 2.05) is 0 Å².